The van der Waals surface area contributed by atoms with Crippen LogP contribution in [0.3, 0.4) is 0 Å². The predicted octanol–water partition coefficient (Wildman–Crippen LogP) is 0.718. The maximum Gasteiger partial charge on any atom is 0 e. The summed E-state index contributed by atoms with van der Waals surface area (Å²) >= 11 is 0. The van der Waals surface area contributed by atoms with Crippen LogP contribution in [0.2, 0.25) is 0 Å². The first-order valence-corrected chi connectivity index (χ1v) is 2.67. The van der Waals surface area contributed by atoms with Gasteiger partial charge in [0.15, 0.2) is 0 Å². The minimum absolute atomic E-state index is 0. The van der Waals surface area contributed by atoms with Crippen molar-refractivity contribution in [1.29, 1.82) is 0 Å². The zero-order valence-corrected chi connectivity index (χ0v) is 3.78. The van der Waals surface area contributed by atoms with E-state index in [0.717, 1.165) is 11.8 Å². The molecule has 6 heavy (non-hydrogen) atoms. The normalized spacial score (nSPS) is 52.0. The fourth-order valence-corrected chi connectivity index (χ4v) is 1.26. The van der Waals surface area contributed by atoms with Gasteiger partial charge in [0, 0.05) is 2.85 Å². The standard InChI is InChI=1S/C5H9N.2H2/c1-4-2-6-3-5(1)4;;/h4-6H,1-3H2;2*1H. The largest absolute Gasteiger partial charge is 0.316 e. The fourth-order valence-electron chi connectivity index (χ4n) is 1.26. The molecule has 0 radical (unpaired) electrons. The van der Waals surface area contributed by atoms with Gasteiger partial charge in [-0.1, -0.05) is 0 Å². The van der Waals surface area contributed by atoms with Crippen LogP contribution in [0.5, 0.6) is 0 Å². The summed E-state index contributed by atoms with van der Waals surface area (Å²) in [5.41, 5.74) is 0. The molecule has 1 heterocycles. The van der Waals surface area contributed by atoms with Gasteiger partial charge >= 0.3 is 0 Å². The van der Waals surface area contributed by atoms with E-state index in [2.05, 4.69) is 5.32 Å². The fraction of sp³-hybridized carbons (Fsp3) is 1.00. The highest BCUT2D eigenvalue weighted by Gasteiger charge is 2.40. The summed E-state index contributed by atoms with van der Waals surface area (Å²) in [6, 6.07) is 0. The van der Waals surface area contributed by atoms with Crippen LogP contribution in [0.4, 0.5) is 0 Å². The third-order valence-corrected chi connectivity index (χ3v) is 1.88. The lowest BCUT2D eigenvalue weighted by molar-refractivity contribution is 0.732. The maximum atomic E-state index is 3.32. The van der Waals surface area contributed by atoms with E-state index >= 15 is 0 Å². The number of hydrogen-bond acceptors (Lipinski definition) is 1. The van der Waals surface area contributed by atoms with Crippen LogP contribution in [0.15, 0.2) is 0 Å². The minimum Gasteiger partial charge on any atom is -0.316 e. The Morgan fingerprint density at radius 3 is 2.17 bits per heavy atom. The van der Waals surface area contributed by atoms with Crippen molar-refractivity contribution in [2.45, 2.75) is 6.42 Å². The van der Waals surface area contributed by atoms with Gasteiger partial charge in [0.25, 0.3) is 0 Å². The molecule has 0 bridgehead atoms. The third kappa shape index (κ3) is 0.243. The first-order chi connectivity index (χ1) is 2.97. The van der Waals surface area contributed by atoms with Gasteiger partial charge in [-0.2, -0.15) is 0 Å². The Kier molecular flexibility index (Phi) is 0.396. The summed E-state index contributed by atoms with van der Waals surface area (Å²) in [5.74, 6) is 2.20. The highest BCUT2D eigenvalue weighted by molar-refractivity contribution is 4.94. The molecule has 1 nitrogen and oxygen atoms in total. The van der Waals surface area contributed by atoms with E-state index in [0.29, 0.717) is 0 Å². The van der Waals surface area contributed by atoms with Gasteiger partial charge in [0.2, 0.25) is 0 Å². The molecule has 2 unspecified atom stereocenters. The lowest BCUT2D eigenvalue weighted by Gasteiger charge is -1.87. The lowest BCUT2D eigenvalue weighted by atomic mass is 10.4. The van der Waals surface area contributed by atoms with Crippen molar-refractivity contribution in [2.24, 2.45) is 11.8 Å². The van der Waals surface area contributed by atoms with Gasteiger partial charge in [-0.3, -0.25) is 0 Å². The molecule has 0 spiro atoms. The van der Waals surface area contributed by atoms with Crippen molar-refractivity contribution in [3.8, 4) is 0 Å². The van der Waals surface area contributed by atoms with Crippen LogP contribution in [0, 0.1) is 11.8 Å². The number of piperidine rings is 1. The Bertz CT molecular complexity index is 68.8. The molecule has 1 saturated heterocycles. The van der Waals surface area contributed by atoms with E-state index in [-0.39, 0.29) is 2.85 Å². The van der Waals surface area contributed by atoms with E-state index < -0.39 is 0 Å². The zero-order chi connectivity index (χ0) is 3.98. The SMILES string of the molecule is C1NCC2CC12.[HH].[HH]. The molecular formula is C5H13N. The first kappa shape index (κ1) is 3.03. The summed E-state index contributed by atoms with van der Waals surface area (Å²) in [7, 11) is 0. The summed E-state index contributed by atoms with van der Waals surface area (Å²) in [6.07, 6.45) is 1.52. The Morgan fingerprint density at radius 2 is 2.00 bits per heavy atom. The number of fused-ring (bicyclic) bond motifs is 1. The molecule has 2 atom stereocenters. The average molecular weight is 87.2 g/mol. The Balaban J connectivity index is 0.000000245. The molecule has 38 valence electrons. The number of hydrogen-bond donors (Lipinski definition) is 1. The summed E-state index contributed by atoms with van der Waals surface area (Å²) in [4.78, 5) is 0. The lowest BCUT2D eigenvalue weighted by Crippen LogP contribution is -2.10. The maximum absolute atomic E-state index is 3.32. The van der Waals surface area contributed by atoms with Crippen LogP contribution in [-0.4, -0.2) is 13.1 Å². The molecule has 2 rings (SSSR count). The van der Waals surface area contributed by atoms with Gasteiger partial charge in [0.05, 0.1) is 0 Å². The second-order valence-electron chi connectivity index (χ2n) is 2.41. The quantitative estimate of drug-likeness (QED) is 0.459. The highest BCUT2D eigenvalue weighted by atomic mass is 14.9. The summed E-state index contributed by atoms with van der Waals surface area (Å²) < 4.78 is 0. The predicted molar refractivity (Wildman–Crippen MR) is 28.7 cm³/mol. The van der Waals surface area contributed by atoms with Crippen molar-refractivity contribution in [1.82, 2.24) is 5.32 Å². The number of nitrogens with one attached hydrogen (secondary N) is 1. The topological polar surface area (TPSA) is 12.0 Å². The molecule has 2 aliphatic rings. The highest BCUT2D eigenvalue weighted by Crippen LogP contribution is 2.40. The molecule has 1 aliphatic heterocycles. The van der Waals surface area contributed by atoms with Crippen LogP contribution >= 0.6 is 0 Å². The molecule has 1 heteroatoms. The van der Waals surface area contributed by atoms with Gasteiger partial charge in [-0.25, -0.2) is 0 Å². The van der Waals surface area contributed by atoms with Crippen molar-refractivity contribution >= 4 is 0 Å². The van der Waals surface area contributed by atoms with Crippen LogP contribution in [0.1, 0.15) is 9.27 Å². The Hall–Kier alpha value is -0.0400. The van der Waals surface area contributed by atoms with Crippen LogP contribution in [-0.2, 0) is 0 Å². The van der Waals surface area contributed by atoms with E-state index in [1.807, 2.05) is 0 Å². The minimum atomic E-state index is 0. The van der Waals surface area contributed by atoms with Crippen LogP contribution in [0.25, 0.3) is 0 Å². The van der Waals surface area contributed by atoms with Gasteiger partial charge in [0.1, 0.15) is 0 Å². The van der Waals surface area contributed by atoms with Gasteiger partial charge in [-0.15, -0.1) is 0 Å². The third-order valence-electron chi connectivity index (χ3n) is 1.88. The zero-order valence-electron chi connectivity index (χ0n) is 3.78. The summed E-state index contributed by atoms with van der Waals surface area (Å²) in [5, 5.41) is 3.32. The van der Waals surface area contributed by atoms with E-state index in [1.165, 1.54) is 19.5 Å². The van der Waals surface area contributed by atoms with E-state index in [4.69, 9.17) is 0 Å². The second kappa shape index (κ2) is 0.784. The van der Waals surface area contributed by atoms with Crippen molar-refractivity contribution in [3.63, 3.8) is 0 Å². The average Bonchev–Trinajstić information content (AvgIpc) is 2.17. The number of rotatable bonds is 0. The molecule has 1 N–H and O–H groups in total. The second-order valence-corrected chi connectivity index (χ2v) is 2.41. The van der Waals surface area contributed by atoms with E-state index in [9.17, 15) is 0 Å². The molecule has 0 aromatic rings. The molecule has 1 saturated carbocycles. The monoisotopic (exact) mass is 87.1 g/mol. The molecule has 1 aliphatic carbocycles. The van der Waals surface area contributed by atoms with Crippen LogP contribution < -0.4 is 5.32 Å². The van der Waals surface area contributed by atoms with Gasteiger partial charge < -0.3 is 5.32 Å². The first-order valence-electron chi connectivity index (χ1n) is 2.67. The molecular weight excluding hydrogens is 74.1 g/mol. The Labute approximate surface area is 40.7 Å². The Morgan fingerprint density at radius 1 is 1.33 bits per heavy atom. The molecule has 0 aromatic heterocycles. The molecule has 0 aromatic carbocycles. The molecule has 0 amide bonds. The van der Waals surface area contributed by atoms with Crippen molar-refractivity contribution in [2.75, 3.05) is 13.1 Å². The van der Waals surface area contributed by atoms with E-state index in [1.54, 1.807) is 0 Å². The summed E-state index contributed by atoms with van der Waals surface area (Å²) in [6.45, 7) is 2.62. The smallest absolute Gasteiger partial charge is 0 e. The van der Waals surface area contributed by atoms with Crippen molar-refractivity contribution < 1.29 is 2.85 Å². The van der Waals surface area contributed by atoms with Crippen molar-refractivity contribution in [3.05, 3.63) is 0 Å². The van der Waals surface area contributed by atoms with Gasteiger partial charge in [-0.05, 0) is 31.3 Å². The molecule has 2 fully saturated rings.